The Morgan fingerprint density at radius 3 is 1.30 bits per heavy atom. The van der Waals surface area contributed by atoms with Crippen molar-refractivity contribution in [1.29, 1.82) is 0 Å². The zero-order chi connectivity index (χ0) is 54.8. The van der Waals surface area contributed by atoms with Crippen molar-refractivity contribution in [2.75, 3.05) is 19.8 Å². The minimum absolute atomic E-state index is 0.178. The minimum Gasteiger partial charge on any atom is -0.491 e. The number of aliphatic hydroxyl groups excluding tert-OH is 2. The average Bonchev–Trinajstić information content (AvgIpc) is 3.42. The first-order chi connectivity index (χ1) is 36.8. The number of allylic oxidation sites excluding steroid dienone is 4. The predicted octanol–water partition coefficient (Wildman–Crippen LogP) is 18.9. The molecule has 0 aliphatic carbocycles. The van der Waals surface area contributed by atoms with Crippen LogP contribution in [0.1, 0.15) is 237 Å². The maximum atomic E-state index is 11.0. The van der Waals surface area contributed by atoms with Gasteiger partial charge in [0.2, 0.25) is 0 Å². The summed E-state index contributed by atoms with van der Waals surface area (Å²) in [6.07, 6.45) is 39.6. The van der Waals surface area contributed by atoms with E-state index in [9.17, 15) is 10.2 Å². The first-order valence-corrected chi connectivity index (χ1v) is 30.4. The maximum absolute atomic E-state index is 11.0. The van der Waals surface area contributed by atoms with Crippen LogP contribution in [0.15, 0.2) is 121 Å². The van der Waals surface area contributed by atoms with Gasteiger partial charge in [0.25, 0.3) is 0 Å². The first-order valence-electron chi connectivity index (χ1n) is 30.4. The summed E-state index contributed by atoms with van der Waals surface area (Å²) in [6.45, 7) is 17.8. The number of ether oxygens (including phenoxy) is 4. The molecule has 3 atom stereocenters. The summed E-state index contributed by atoms with van der Waals surface area (Å²) in [4.78, 5) is 0. The molecule has 0 amide bonds. The number of benzene rings is 4. The van der Waals surface area contributed by atoms with Crippen LogP contribution < -0.4 is 14.2 Å². The Hall–Kier alpha value is -4.36. The highest BCUT2D eigenvalue weighted by molar-refractivity contribution is 5.42. The fraction of sp³-hybridized carbons (Fsp3) is 0.600. The molecule has 6 nitrogen and oxygen atoms in total. The highest BCUT2D eigenvalue weighted by Gasteiger charge is 2.30. The van der Waals surface area contributed by atoms with Crippen molar-refractivity contribution >= 4 is 0 Å². The lowest BCUT2D eigenvalue weighted by Crippen LogP contribution is -2.35. The molecule has 2 N–H and O–H groups in total. The molecule has 0 fully saturated rings. The van der Waals surface area contributed by atoms with Gasteiger partial charge in [-0.25, -0.2) is 0 Å². The molecular weight excluding hydrogens is 937 g/mol. The second-order valence-electron chi connectivity index (χ2n) is 23.2. The third kappa shape index (κ3) is 25.9. The smallest absolute Gasteiger partial charge is 0.120 e. The summed E-state index contributed by atoms with van der Waals surface area (Å²) in [5, 5.41) is 22.0. The van der Waals surface area contributed by atoms with E-state index in [-0.39, 0.29) is 25.2 Å². The van der Waals surface area contributed by atoms with Crippen LogP contribution in [0, 0.1) is 0 Å². The lowest BCUT2D eigenvalue weighted by Gasteiger charge is -2.32. The zero-order valence-corrected chi connectivity index (χ0v) is 49.2. The standard InChI is InChI=1S/C70H106O6/c1-9-12-14-16-18-20-22-24-26-28-30-32-34-38-58-40-36-42-66(52-58)73-55-63(71)54-68(4,5)76-65-50-48-61(49-51-65)69(6,7)60-44-46-62(47-45-60)70(8,11-3)75-57-64(72)56-74-67-43-37-41-59(53-67)39-35-33-31-29-27-25-23-21-19-17-15-13-10-2/h16-19,36-37,40-53,63-64,71-72H,9-15,20-35,38-39,54-57H2,1-8H3/b18-16+,19-17+. The van der Waals surface area contributed by atoms with Crippen LogP contribution in [-0.4, -0.2) is 47.8 Å². The van der Waals surface area contributed by atoms with E-state index in [1.165, 1.54) is 164 Å². The molecule has 3 unspecified atom stereocenters. The Labute approximate surface area is 464 Å². The first kappa shape index (κ1) is 64.2. The summed E-state index contributed by atoms with van der Waals surface area (Å²) in [7, 11) is 0. The molecule has 0 saturated heterocycles. The quantitative estimate of drug-likeness (QED) is 0.0340. The number of rotatable bonds is 43. The van der Waals surface area contributed by atoms with E-state index in [0.717, 1.165) is 42.1 Å². The van der Waals surface area contributed by atoms with Gasteiger partial charge in [-0.3, -0.25) is 0 Å². The van der Waals surface area contributed by atoms with E-state index in [2.05, 4.69) is 139 Å². The molecule has 0 heterocycles. The minimum atomic E-state index is -0.753. The number of aryl methyl sites for hydroxylation is 2. The van der Waals surface area contributed by atoms with E-state index >= 15 is 0 Å². The second-order valence-corrected chi connectivity index (χ2v) is 23.2. The van der Waals surface area contributed by atoms with Crippen molar-refractivity contribution in [3.05, 3.63) is 149 Å². The van der Waals surface area contributed by atoms with Crippen molar-refractivity contribution in [2.45, 2.75) is 251 Å². The topological polar surface area (TPSA) is 77.4 Å². The fourth-order valence-electron chi connectivity index (χ4n) is 10.1. The van der Waals surface area contributed by atoms with Gasteiger partial charge in [-0.1, -0.05) is 209 Å². The highest BCUT2D eigenvalue weighted by atomic mass is 16.5. The fourth-order valence-corrected chi connectivity index (χ4v) is 10.1. The largest absolute Gasteiger partial charge is 0.491 e. The van der Waals surface area contributed by atoms with E-state index in [1.807, 2.05) is 38.1 Å². The molecule has 0 bridgehead atoms. The predicted molar refractivity (Wildman–Crippen MR) is 322 cm³/mol. The van der Waals surface area contributed by atoms with Crippen LogP contribution in [0.5, 0.6) is 17.2 Å². The Morgan fingerprint density at radius 1 is 0.434 bits per heavy atom. The van der Waals surface area contributed by atoms with Crippen LogP contribution in [0.2, 0.25) is 0 Å². The van der Waals surface area contributed by atoms with Gasteiger partial charge in [0, 0.05) is 11.8 Å². The molecule has 76 heavy (non-hydrogen) atoms. The van der Waals surface area contributed by atoms with E-state index in [4.69, 9.17) is 18.9 Å². The summed E-state index contributed by atoms with van der Waals surface area (Å²) < 4.78 is 25.1. The number of hydrogen-bond acceptors (Lipinski definition) is 6. The molecule has 4 aromatic rings. The van der Waals surface area contributed by atoms with Crippen LogP contribution in [0.25, 0.3) is 0 Å². The van der Waals surface area contributed by atoms with Crippen molar-refractivity contribution in [2.24, 2.45) is 0 Å². The lowest BCUT2D eigenvalue weighted by atomic mass is 9.77. The van der Waals surface area contributed by atoms with Gasteiger partial charge in [0.15, 0.2) is 0 Å². The molecule has 0 radical (unpaired) electrons. The van der Waals surface area contributed by atoms with E-state index in [0.29, 0.717) is 6.42 Å². The van der Waals surface area contributed by atoms with Gasteiger partial charge in [0.05, 0.1) is 18.3 Å². The van der Waals surface area contributed by atoms with Gasteiger partial charge in [-0.15, -0.1) is 0 Å². The molecular formula is C70H106O6. The molecule has 4 aromatic carbocycles. The Morgan fingerprint density at radius 2 is 0.842 bits per heavy atom. The molecule has 6 heteroatoms. The SMILES string of the molecule is CCCC/C=C/CCCCCCCCCc1cccc(OCC(O)COC(C)(CC)c2ccc(C(C)(C)c3ccc(OC(C)(C)CC(O)COc4cccc(CCCCCCCCC/C=C/CCCC)c4)cc3)cc2)c1. The molecule has 0 aliphatic rings. The lowest BCUT2D eigenvalue weighted by molar-refractivity contribution is -0.0836. The summed E-state index contributed by atoms with van der Waals surface area (Å²) >= 11 is 0. The van der Waals surface area contributed by atoms with Gasteiger partial charge < -0.3 is 29.2 Å². The zero-order valence-electron chi connectivity index (χ0n) is 49.2. The third-order valence-corrected chi connectivity index (χ3v) is 15.3. The number of aliphatic hydroxyl groups is 2. The number of hydrogen-bond donors (Lipinski definition) is 2. The van der Waals surface area contributed by atoms with Crippen molar-refractivity contribution < 1.29 is 29.2 Å². The van der Waals surface area contributed by atoms with Crippen LogP contribution in [0.4, 0.5) is 0 Å². The van der Waals surface area contributed by atoms with Gasteiger partial charge >= 0.3 is 0 Å². The molecule has 0 saturated carbocycles. The van der Waals surface area contributed by atoms with Gasteiger partial charge in [0.1, 0.15) is 42.2 Å². The van der Waals surface area contributed by atoms with Crippen molar-refractivity contribution in [3.8, 4) is 17.2 Å². The van der Waals surface area contributed by atoms with Crippen LogP contribution in [0.3, 0.4) is 0 Å². The van der Waals surface area contributed by atoms with Gasteiger partial charge in [-0.2, -0.15) is 0 Å². The van der Waals surface area contributed by atoms with Crippen molar-refractivity contribution in [3.63, 3.8) is 0 Å². The number of unbranched alkanes of at least 4 members (excludes halogenated alkanes) is 18. The third-order valence-electron chi connectivity index (χ3n) is 15.3. The highest BCUT2D eigenvalue weighted by Crippen LogP contribution is 2.36. The monoisotopic (exact) mass is 1040 g/mol. The molecule has 4 rings (SSSR count). The Bertz CT molecular complexity index is 2150. The molecule has 422 valence electrons. The summed E-state index contributed by atoms with van der Waals surface area (Å²) in [5.74, 6) is 2.37. The second kappa shape index (κ2) is 36.7. The van der Waals surface area contributed by atoms with E-state index < -0.39 is 23.4 Å². The van der Waals surface area contributed by atoms with Crippen molar-refractivity contribution in [1.82, 2.24) is 0 Å². The van der Waals surface area contributed by atoms with Crippen LogP contribution >= 0.6 is 0 Å². The molecule has 0 aliphatic heterocycles. The Kier molecular flexibility index (Phi) is 31.0. The summed E-state index contributed by atoms with van der Waals surface area (Å²) in [6, 6.07) is 33.7. The van der Waals surface area contributed by atoms with Gasteiger partial charge in [-0.05, 0) is 156 Å². The maximum Gasteiger partial charge on any atom is 0.120 e. The molecule has 0 spiro atoms. The average molecular weight is 1040 g/mol. The Balaban J connectivity index is 1.13. The van der Waals surface area contributed by atoms with E-state index in [1.54, 1.807) is 0 Å². The molecule has 0 aromatic heterocycles. The van der Waals surface area contributed by atoms with Crippen LogP contribution in [-0.2, 0) is 28.6 Å². The summed E-state index contributed by atoms with van der Waals surface area (Å²) in [5.41, 5.74) is 4.60. The normalized spacial score (nSPS) is 13.8.